The predicted octanol–water partition coefficient (Wildman–Crippen LogP) is 6.76. The van der Waals surface area contributed by atoms with Crippen LogP contribution in [0.4, 0.5) is 10.1 Å². The van der Waals surface area contributed by atoms with Crippen molar-refractivity contribution < 1.29 is 22.4 Å². The normalized spacial score (nSPS) is 14.3. The van der Waals surface area contributed by atoms with Crippen LogP contribution in [0.1, 0.15) is 43.2 Å². The molecule has 4 aromatic rings. The average molecular weight is 662 g/mol. The fraction of sp³-hybridized carbons (Fsp3) is 0.278. The molecule has 0 heterocycles. The lowest BCUT2D eigenvalue weighted by Gasteiger charge is -2.35. The zero-order valence-corrected chi connectivity index (χ0v) is 27.0. The third-order valence-corrected chi connectivity index (χ3v) is 10.3. The first-order valence-electron chi connectivity index (χ1n) is 15.4. The molecule has 0 spiro atoms. The van der Waals surface area contributed by atoms with Crippen molar-refractivity contribution >= 4 is 39.1 Å². The van der Waals surface area contributed by atoms with Gasteiger partial charge in [-0.1, -0.05) is 97.6 Å². The van der Waals surface area contributed by atoms with E-state index in [4.69, 9.17) is 11.6 Å². The number of rotatable bonds is 12. The molecule has 240 valence electrons. The van der Waals surface area contributed by atoms with Crippen molar-refractivity contribution in [3.63, 3.8) is 0 Å². The van der Waals surface area contributed by atoms with Gasteiger partial charge in [-0.15, -0.1) is 0 Å². The van der Waals surface area contributed by atoms with E-state index in [1.807, 2.05) is 30.3 Å². The number of anilines is 1. The molecule has 0 unspecified atom stereocenters. The Morgan fingerprint density at radius 3 is 2.09 bits per heavy atom. The van der Waals surface area contributed by atoms with Gasteiger partial charge in [-0.05, 0) is 60.9 Å². The molecule has 1 aliphatic carbocycles. The summed E-state index contributed by atoms with van der Waals surface area (Å²) in [7, 11) is -4.26. The second kappa shape index (κ2) is 15.4. The Kier molecular flexibility index (Phi) is 11.1. The number of nitrogens with zero attached hydrogens (tertiary/aromatic N) is 2. The molecule has 10 heteroatoms. The summed E-state index contributed by atoms with van der Waals surface area (Å²) in [5.41, 5.74) is 1.29. The molecule has 1 N–H and O–H groups in total. The van der Waals surface area contributed by atoms with Crippen molar-refractivity contribution in [3.05, 3.63) is 131 Å². The van der Waals surface area contributed by atoms with Gasteiger partial charge in [-0.25, -0.2) is 12.8 Å². The number of sulfonamides is 1. The van der Waals surface area contributed by atoms with Crippen molar-refractivity contribution in [2.24, 2.45) is 0 Å². The van der Waals surface area contributed by atoms with Gasteiger partial charge in [-0.2, -0.15) is 0 Å². The van der Waals surface area contributed by atoms with Crippen LogP contribution in [0.15, 0.2) is 114 Å². The zero-order valence-electron chi connectivity index (χ0n) is 25.4. The zero-order chi connectivity index (χ0) is 32.5. The van der Waals surface area contributed by atoms with E-state index in [1.54, 1.807) is 48.5 Å². The molecular weight excluding hydrogens is 625 g/mol. The number of carbonyl (C=O) groups is 2. The third kappa shape index (κ3) is 8.33. The summed E-state index contributed by atoms with van der Waals surface area (Å²) < 4.78 is 44.2. The second-order valence-electron chi connectivity index (χ2n) is 11.5. The molecule has 1 atom stereocenters. The number of hydrogen-bond acceptors (Lipinski definition) is 4. The minimum absolute atomic E-state index is 0.0314. The van der Waals surface area contributed by atoms with Crippen molar-refractivity contribution in [3.8, 4) is 0 Å². The lowest BCUT2D eigenvalue weighted by Crippen LogP contribution is -2.55. The largest absolute Gasteiger partial charge is 0.352 e. The maximum Gasteiger partial charge on any atom is 0.264 e. The van der Waals surface area contributed by atoms with Gasteiger partial charge < -0.3 is 10.2 Å². The lowest BCUT2D eigenvalue weighted by atomic mass is 9.94. The van der Waals surface area contributed by atoms with Crippen molar-refractivity contribution in [1.29, 1.82) is 0 Å². The van der Waals surface area contributed by atoms with E-state index in [9.17, 15) is 18.0 Å². The van der Waals surface area contributed by atoms with Crippen LogP contribution >= 0.6 is 11.6 Å². The molecule has 46 heavy (non-hydrogen) atoms. The van der Waals surface area contributed by atoms with Crippen LogP contribution in [-0.2, 0) is 32.6 Å². The van der Waals surface area contributed by atoms with Crippen LogP contribution in [0.3, 0.4) is 0 Å². The van der Waals surface area contributed by atoms with E-state index in [0.29, 0.717) is 5.02 Å². The minimum Gasteiger partial charge on any atom is -0.352 e. The molecule has 5 rings (SSSR count). The molecule has 0 bridgehead atoms. The van der Waals surface area contributed by atoms with Crippen LogP contribution in [-0.4, -0.2) is 43.8 Å². The summed E-state index contributed by atoms with van der Waals surface area (Å²) >= 11 is 6.04. The quantitative estimate of drug-likeness (QED) is 0.182. The van der Waals surface area contributed by atoms with Gasteiger partial charge in [0, 0.05) is 29.6 Å². The van der Waals surface area contributed by atoms with Crippen LogP contribution in [0.5, 0.6) is 0 Å². The molecule has 0 aromatic heterocycles. The smallest absolute Gasteiger partial charge is 0.264 e. The van der Waals surface area contributed by atoms with Gasteiger partial charge in [0.15, 0.2) is 0 Å². The minimum atomic E-state index is -4.26. The Bertz CT molecular complexity index is 1720. The van der Waals surface area contributed by atoms with Gasteiger partial charge >= 0.3 is 0 Å². The lowest BCUT2D eigenvalue weighted by molar-refractivity contribution is -0.140. The molecule has 2 amide bonds. The monoisotopic (exact) mass is 661 g/mol. The number of halogens is 2. The highest BCUT2D eigenvalue weighted by molar-refractivity contribution is 7.92. The average Bonchev–Trinajstić information content (AvgIpc) is 3.07. The molecule has 7 nitrogen and oxygen atoms in total. The third-order valence-electron chi connectivity index (χ3n) is 8.25. The van der Waals surface area contributed by atoms with Crippen LogP contribution in [0.2, 0.25) is 5.02 Å². The summed E-state index contributed by atoms with van der Waals surface area (Å²) in [4.78, 5) is 29.9. The molecule has 0 radical (unpaired) electrons. The van der Waals surface area contributed by atoms with E-state index >= 15 is 4.39 Å². The number of amides is 2. The highest BCUT2D eigenvalue weighted by Gasteiger charge is 2.35. The van der Waals surface area contributed by atoms with Crippen LogP contribution < -0.4 is 9.62 Å². The fourth-order valence-electron chi connectivity index (χ4n) is 5.77. The molecule has 0 aliphatic heterocycles. The van der Waals surface area contributed by atoms with Crippen molar-refractivity contribution in [1.82, 2.24) is 10.2 Å². The van der Waals surface area contributed by atoms with Crippen LogP contribution in [0.25, 0.3) is 0 Å². The molecule has 1 fully saturated rings. The first-order chi connectivity index (χ1) is 22.2. The van der Waals surface area contributed by atoms with Gasteiger partial charge in [-0.3, -0.25) is 13.9 Å². The predicted molar refractivity (Wildman–Crippen MR) is 178 cm³/mol. The van der Waals surface area contributed by atoms with E-state index in [2.05, 4.69) is 5.32 Å². The topological polar surface area (TPSA) is 86.8 Å². The highest BCUT2D eigenvalue weighted by Crippen LogP contribution is 2.26. The van der Waals surface area contributed by atoms with Gasteiger partial charge in [0.05, 0.1) is 10.6 Å². The Labute approximate surface area is 275 Å². The Balaban J connectivity index is 1.55. The second-order valence-corrected chi connectivity index (χ2v) is 13.8. The number of carbonyl (C=O) groups excluding carboxylic acids is 2. The molecule has 1 aliphatic rings. The summed E-state index contributed by atoms with van der Waals surface area (Å²) in [6.07, 6.45) is 4.95. The standard InChI is InChI=1S/C36H37ClFN3O4S/c37-29-20-22-32(23-21-29)46(44,45)41(31-17-8-3-9-18-31)26-35(42)40(25-28-14-10-11-19-33(28)38)34(24-27-12-4-1-5-13-27)36(43)39-30-15-6-2-7-16-30/h1,3-5,8-14,17-23,30,34H,2,6-7,15-16,24-26H2,(H,39,43)/t34-/m0/s1. The summed E-state index contributed by atoms with van der Waals surface area (Å²) in [6.45, 7) is -0.851. The van der Waals surface area contributed by atoms with Crippen LogP contribution in [0, 0.1) is 5.82 Å². The molecule has 0 saturated heterocycles. The Morgan fingerprint density at radius 1 is 0.826 bits per heavy atom. The summed E-state index contributed by atoms with van der Waals surface area (Å²) in [5.74, 6) is -1.53. The SMILES string of the molecule is O=C(NC1CCCCC1)[C@H](Cc1ccccc1)N(Cc1ccccc1F)C(=O)CN(c1ccccc1)S(=O)(=O)c1ccc(Cl)cc1. The first kappa shape index (κ1) is 33.2. The molecular formula is C36H37ClFN3O4S. The van der Waals surface area contributed by atoms with E-state index in [1.165, 1.54) is 35.2 Å². The number of para-hydroxylation sites is 1. The van der Waals surface area contributed by atoms with E-state index < -0.39 is 34.3 Å². The van der Waals surface area contributed by atoms with E-state index in [0.717, 1.165) is 42.0 Å². The maximum absolute atomic E-state index is 15.1. The number of benzene rings is 4. The maximum atomic E-state index is 15.1. The fourth-order valence-corrected chi connectivity index (χ4v) is 7.31. The number of hydrogen-bond donors (Lipinski definition) is 1. The van der Waals surface area contributed by atoms with Crippen molar-refractivity contribution in [2.75, 3.05) is 10.8 Å². The summed E-state index contributed by atoms with van der Waals surface area (Å²) in [6, 6.07) is 28.3. The van der Waals surface area contributed by atoms with E-state index in [-0.39, 0.29) is 41.1 Å². The van der Waals surface area contributed by atoms with Gasteiger partial charge in [0.1, 0.15) is 18.4 Å². The Morgan fingerprint density at radius 2 is 1.43 bits per heavy atom. The number of nitrogens with one attached hydrogen (secondary N) is 1. The van der Waals surface area contributed by atoms with Crippen molar-refractivity contribution in [2.45, 2.75) is 62.0 Å². The van der Waals surface area contributed by atoms with Gasteiger partial charge in [0.25, 0.3) is 10.0 Å². The molecule has 1 saturated carbocycles. The first-order valence-corrected chi connectivity index (χ1v) is 17.2. The van der Waals surface area contributed by atoms with Gasteiger partial charge in [0.2, 0.25) is 11.8 Å². The highest BCUT2D eigenvalue weighted by atomic mass is 35.5. The summed E-state index contributed by atoms with van der Waals surface area (Å²) in [5, 5.41) is 3.52. The molecule has 4 aromatic carbocycles. The Hall–Kier alpha value is -4.21.